The second kappa shape index (κ2) is 4.91. The molecule has 0 aromatic carbocycles. The van der Waals surface area contributed by atoms with Crippen molar-refractivity contribution in [1.82, 2.24) is 5.32 Å². The summed E-state index contributed by atoms with van der Waals surface area (Å²) in [4.78, 5) is 0. The number of nitrogens with one attached hydrogen (secondary N) is 1. The molecule has 0 atom stereocenters. The molecule has 0 aromatic heterocycles. The number of thioether (sulfide) groups is 1. The standard InChI is InChI=1S/C4H9NO3S3/c1-10-4(9)5-2-3-11(6,7)8/h2-3H2,1H3,(H,5,9)(H,6,7,8)/p-1. The Kier molecular flexibility index (Phi) is 4.98. The van der Waals surface area contributed by atoms with Crippen molar-refractivity contribution in [3.63, 3.8) is 0 Å². The number of hydrogen-bond donors (Lipinski definition) is 1. The van der Waals surface area contributed by atoms with Crippen LogP contribution in [0.5, 0.6) is 0 Å². The first kappa shape index (κ1) is 11.2. The first-order valence-electron chi connectivity index (χ1n) is 2.71. The Balaban J connectivity index is 3.51. The number of rotatable bonds is 3. The van der Waals surface area contributed by atoms with Crippen molar-refractivity contribution in [2.45, 2.75) is 0 Å². The van der Waals surface area contributed by atoms with Crippen LogP contribution in [0.15, 0.2) is 0 Å². The van der Waals surface area contributed by atoms with Crippen molar-refractivity contribution in [1.29, 1.82) is 0 Å². The maximum absolute atomic E-state index is 10.1. The molecule has 1 N–H and O–H groups in total. The van der Waals surface area contributed by atoms with Crippen LogP contribution in [0.4, 0.5) is 0 Å². The zero-order valence-electron chi connectivity index (χ0n) is 5.86. The van der Waals surface area contributed by atoms with Crippen LogP contribution in [-0.2, 0) is 10.1 Å². The van der Waals surface area contributed by atoms with Gasteiger partial charge in [0.2, 0.25) is 0 Å². The van der Waals surface area contributed by atoms with E-state index in [0.29, 0.717) is 4.32 Å². The third-order valence-electron chi connectivity index (χ3n) is 0.807. The smallest absolute Gasteiger partial charge is 0.133 e. The van der Waals surface area contributed by atoms with Crippen molar-refractivity contribution in [2.75, 3.05) is 18.6 Å². The van der Waals surface area contributed by atoms with Crippen LogP contribution in [0.25, 0.3) is 0 Å². The van der Waals surface area contributed by atoms with E-state index in [2.05, 4.69) is 5.32 Å². The van der Waals surface area contributed by atoms with Crippen LogP contribution < -0.4 is 5.32 Å². The van der Waals surface area contributed by atoms with Gasteiger partial charge in [0.1, 0.15) is 4.32 Å². The highest BCUT2D eigenvalue weighted by atomic mass is 32.2. The molecule has 0 unspecified atom stereocenters. The summed E-state index contributed by atoms with van der Waals surface area (Å²) in [6, 6.07) is 0. The highest BCUT2D eigenvalue weighted by molar-refractivity contribution is 8.22. The lowest BCUT2D eigenvalue weighted by molar-refractivity contribution is 0.462. The molecule has 0 aliphatic carbocycles. The molecule has 11 heavy (non-hydrogen) atoms. The predicted octanol–water partition coefficient (Wildman–Crippen LogP) is -0.231. The molecule has 0 saturated carbocycles. The summed E-state index contributed by atoms with van der Waals surface area (Å²) in [6.45, 7) is 0.0888. The molecule has 0 rings (SSSR count). The quantitative estimate of drug-likeness (QED) is 0.517. The summed E-state index contributed by atoms with van der Waals surface area (Å²) in [5.74, 6) is -0.423. The highest BCUT2D eigenvalue weighted by Gasteiger charge is 1.95. The van der Waals surface area contributed by atoms with Gasteiger partial charge in [0.15, 0.2) is 0 Å². The second-order valence-electron chi connectivity index (χ2n) is 1.68. The molecule has 0 aromatic rings. The molecular formula is C4H8NO3S3-. The SMILES string of the molecule is CSC(=S)NCCS(=O)(=O)[O-]. The van der Waals surface area contributed by atoms with Crippen molar-refractivity contribution in [3.05, 3.63) is 0 Å². The maximum Gasteiger partial charge on any atom is 0.133 e. The molecule has 0 heterocycles. The first-order valence-corrected chi connectivity index (χ1v) is 5.92. The van der Waals surface area contributed by atoms with E-state index in [1.165, 1.54) is 11.8 Å². The lowest BCUT2D eigenvalue weighted by atomic mass is 10.8. The van der Waals surface area contributed by atoms with Crippen molar-refractivity contribution < 1.29 is 13.0 Å². The van der Waals surface area contributed by atoms with Crippen LogP contribution in [-0.4, -0.2) is 35.8 Å². The second-order valence-corrected chi connectivity index (χ2v) is 4.69. The normalized spacial score (nSPS) is 11.1. The summed E-state index contributed by atoms with van der Waals surface area (Å²) in [5.41, 5.74) is 0. The predicted molar refractivity (Wildman–Crippen MR) is 48.7 cm³/mol. The zero-order chi connectivity index (χ0) is 8.91. The van der Waals surface area contributed by atoms with Gasteiger partial charge in [-0.25, -0.2) is 8.42 Å². The molecule has 0 fully saturated rings. The number of thiocarbonyl (C=S) groups is 1. The largest absolute Gasteiger partial charge is 0.748 e. The lowest BCUT2D eigenvalue weighted by Gasteiger charge is -2.07. The lowest BCUT2D eigenvalue weighted by Crippen LogP contribution is -2.25. The minimum absolute atomic E-state index is 0.0888. The Hall–Kier alpha value is 0.150. The summed E-state index contributed by atoms with van der Waals surface area (Å²) in [5, 5.41) is 2.60. The molecule has 0 aliphatic rings. The Morgan fingerprint density at radius 3 is 2.64 bits per heavy atom. The van der Waals surface area contributed by atoms with Gasteiger partial charge in [0.25, 0.3) is 0 Å². The fourth-order valence-corrected chi connectivity index (χ4v) is 1.05. The van der Waals surface area contributed by atoms with Gasteiger partial charge in [0.05, 0.1) is 15.9 Å². The Morgan fingerprint density at radius 1 is 1.73 bits per heavy atom. The molecule has 0 bridgehead atoms. The van der Waals surface area contributed by atoms with Crippen molar-refractivity contribution in [2.24, 2.45) is 0 Å². The van der Waals surface area contributed by atoms with E-state index >= 15 is 0 Å². The van der Waals surface area contributed by atoms with Gasteiger partial charge in [-0.1, -0.05) is 12.2 Å². The molecule has 7 heteroatoms. The average Bonchev–Trinajstić information content (AvgIpc) is 1.85. The van der Waals surface area contributed by atoms with Gasteiger partial charge in [-0.15, -0.1) is 11.8 Å². The van der Waals surface area contributed by atoms with Gasteiger partial charge in [-0.3, -0.25) is 0 Å². The topological polar surface area (TPSA) is 69.2 Å². The van der Waals surface area contributed by atoms with Gasteiger partial charge < -0.3 is 9.87 Å². The fraction of sp³-hybridized carbons (Fsp3) is 0.750. The first-order chi connectivity index (χ1) is 4.95. The zero-order valence-corrected chi connectivity index (χ0v) is 8.31. The van der Waals surface area contributed by atoms with Crippen LogP contribution in [0, 0.1) is 0 Å². The highest BCUT2D eigenvalue weighted by Crippen LogP contribution is 1.92. The average molecular weight is 214 g/mol. The van der Waals surface area contributed by atoms with Gasteiger partial charge in [0, 0.05) is 6.54 Å². The van der Waals surface area contributed by atoms with E-state index in [-0.39, 0.29) is 6.54 Å². The van der Waals surface area contributed by atoms with Gasteiger partial charge >= 0.3 is 0 Å². The summed E-state index contributed by atoms with van der Waals surface area (Å²) >= 11 is 6.00. The summed E-state index contributed by atoms with van der Waals surface area (Å²) in [7, 11) is -4.11. The molecule has 66 valence electrons. The number of hydrogen-bond acceptors (Lipinski definition) is 5. The molecule has 4 nitrogen and oxygen atoms in total. The van der Waals surface area contributed by atoms with Gasteiger partial charge in [-0.2, -0.15) is 0 Å². The monoisotopic (exact) mass is 214 g/mol. The Labute approximate surface area is 75.5 Å². The van der Waals surface area contributed by atoms with Crippen LogP contribution in [0.3, 0.4) is 0 Å². The Bertz CT molecular complexity index is 223. The molecule has 0 saturated heterocycles. The van der Waals surface area contributed by atoms with E-state index in [4.69, 9.17) is 12.2 Å². The molecular weight excluding hydrogens is 206 g/mol. The minimum Gasteiger partial charge on any atom is -0.748 e. The summed E-state index contributed by atoms with van der Waals surface area (Å²) < 4.78 is 30.7. The van der Waals surface area contributed by atoms with E-state index in [1.54, 1.807) is 6.26 Å². The summed E-state index contributed by atoms with van der Waals surface area (Å²) in [6.07, 6.45) is 1.76. The van der Waals surface area contributed by atoms with E-state index in [9.17, 15) is 13.0 Å². The van der Waals surface area contributed by atoms with Crippen molar-refractivity contribution in [3.8, 4) is 0 Å². The van der Waals surface area contributed by atoms with E-state index < -0.39 is 15.9 Å². The molecule has 0 radical (unpaired) electrons. The Morgan fingerprint density at radius 2 is 2.27 bits per heavy atom. The maximum atomic E-state index is 10.1. The van der Waals surface area contributed by atoms with Gasteiger partial charge in [-0.05, 0) is 6.26 Å². The van der Waals surface area contributed by atoms with Crippen LogP contribution in [0.1, 0.15) is 0 Å². The van der Waals surface area contributed by atoms with Crippen LogP contribution >= 0.6 is 24.0 Å². The molecule has 0 spiro atoms. The third kappa shape index (κ3) is 8.05. The van der Waals surface area contributed by atoms with E-state index in [0.717, 1.165) is 0 Å². The third-order valence-corrected chi connectivity index (χ3v) is 2.67. The van der Waals surface area contributed by atoms with Crippen molar-refractivity contribution >= 4 is 38.4 Å². The van der Waals surface area contributed by atoms with E-state index in [1.807, 2.05) is 0 Å². The fourth-order valence-electron chi connectivity index (χ4n) is 0.350. The van der Waals surface area contributed by atoms with Crippen LogP contribution in [0.2, 0.25) is 0 Å². The molecule has 0 aliphatic heterocycles. The molecule has 0 amide bonds. The minimum atomic E-state index is -4.11.